The van der Waals surface area contributed by atoms with Gasteiger partial charge in [-0.25, -0.2) is 4.39 Å². The van der Waals surface area contributed by atoms with Crippen molar-refractivity contribution in [2.45, 2.75) is 18.9 Å². The maximum absolute atomic E-state index is 13.1. The van der Waals surface area contributed by atoms with Gasteiger partial charge in [0.1, 0.15) is 17.6 Å². The minimum absolute atomic E-state index is 0.255. The zero-order valence-electron chi connectivity index (χ0n) is 14.4. The van der Waals surface area contributed by atoms with E-state index in [-0.39, 0.29) is 12.1 Å². The van der Waals surface area contributed by atoms with Crippen LogP contribution in [0.3, 0.4) is 0 Å². The summed E-state index contributed by atoms with van der Waals surface area (Å²) in [4.78, 5) is 23.3. The molecule has 0 aromatic heterocycles. The Morgan fingerprint density at radius 1 is 1.19 bits per heavy atom. The topological polar surface area (TPSA) is 87.7 Å². The first-order valence-corrected chi connectivity index (χ1v) is 8.12. The van der Waals surface area contributed by atoms with Gasteiger partial charge in [-0.3, -0.25) is 9.59 Å². The second-order valence-corrected chi connectivity index (χ2v) is 5.71. The second-order valence-electron chi connectivity index (χ2n) is 5.71. The number of carboxylic acids is 1. The molecule has 2 rings (SSSR count). The van der Waals surface area contributed by atoms with Crippen LogP contribution in [0.5, 0.6) is 5.75 Å². The fourth-order valence-electron chi connectivity index (χ4n) is 2.39. The van der Waals surface area contributed by atoms with Crippen LogP contribution in [0.1, 0.15) is 12.0 Å². The van der Waals surface area contributed by atoms with Crippen LogP contribution in [0.4, 0.5) is 10.1 Å². The SMILES string of the molecule is COc1ccc(CCNC(CC(=O)Nc2cccc(F)c2)C(=O)O)cc1. The number of halogens is 1. The van der Waals surface area contributed by atoms with Crippen LogP contribution in [0, 0.1) is 5.82 Å². The maximum Gasteiger partial charge on any atom is 0.321 e. The number of benzene rings is 2. The molecule has 0 heterocycles. The Bertz CT molecular complexity index is 749. The standard InChI is InChI=1S/C19H21FN2O4/c1-26-16-7-5-13(6-8-16)9-10-21-17(19(24)25)12-18(23)22-15-4-2-3-14(20)11-15/h2-8,11,17,21H,9-10,12H2,1H3,(H,22,23)(H,24,25). The highest BCUT2D eigenvalue weighted by Crippen LogP contribution is 2.12. The van der Waals surface area contributed by atoms with E-state index in [4.69, 9.17) is 4.74 Å². The molecule has 7 heteroatoms. The highest BCUT2D eigenvalue weighted by atomic mass is 19.1. The molecule has 0 spiro atoms. The number of anilines is 1. The molecule has 0 radical (unpaired) electrons. The first-order valence-electron chi connectivity index (χ1n) is 8.12. The molecule has 138 valence electrons. The van der Waals surface area contributed by atoms with Crippen molar-refractivity contribution in [3.8, 4) is 5.75 Å². The minimum Gasteiger partial charge on any atom is -0.497 e. The van der Waals surface area contributed by atoms with Gasteiger partial charge in [0.05, 0.1) is 13.5 Å². The third kappa shape index (κ3) is 6.18. The molecule has 3 N–H and O–H groups in total. The van der Waals surface area contributed by atoms with Crippen molar-refractivity contribution in [2.24, 2.45) is 0 Å². The largest absolute Gasteiger partial charge is 0.497 e. The Morgan fingerprint density at radius 3 is 2.54 bits per heavy atom. The number of methoxy groups -OCH3 is 1. The Hall–Kier alpha value is -2.93. The zero-order chi connectivity index (χ0) is 18.9. The monoisotopic (exact) mass is 360 g/mol. The molecular formula is C19H21FN2O4. The van der Waals surface area contributed by atoms with Crippen molar-refractivity contribution < 1.29 is 23.8 Å². The second kappa shape index (κ2) is 9.53. The first-order chi connectivity index (χ1) is 12.5. The molecule has 0 aliphatic rings. The maximum atomic E-state index is 13.1. The lowest BCUT2D eigenvalue weighted by Gasteiger charge is -2.14. The van der Waals surface area contributed by atoms with Crippen LogP contribution in [0.2, 0.25) is 0 Å². The smallest absolute Gasteiger partial charge is 0.321 e. The van der Waals surface area contributed by atoms with Crippen LogP contribution in [-0.4, -0.2) is 36.7 Å². The Morgan fingerprint density at radius 2 is 1.92 bits per heavy atom. The van der Waals surface area contributed by atoms with Gasteiger partial charge >= 0.3 is 5.97 Å². The number of aliphatic carboxylic acids is 1. The first kappa shape index (κ1) is 19.4. The third-order valence-corrected chi connectivity index (χ3v) is 3.76. The number of amides is 1. The van der Waals surface area contributed by atoms with Crippen LogP contribution >= 0.6 is 0 Å². The quantitative estimate of drug-likeness (QED) is 0.639. The number of carbonyl (C=O) groups excluding carboxylic acids is 1. The number of carbonyl (C=O) groups is 2. The highest BCUT2D eigenvalue weighted by molar-refractivity contribution is 5.94. The van der Waals surface area contributed by atoms with Crippen molar-refractivity contribution in [1.82, 2.24) is 5.32 Å². The number of ether oxygens (including phenoxy) is 1. The molecular weight excluding hydrogens is 339 g/mol. The summed E-state index contributed by atoms with van der Waals surface area (Å²) in [6, 6.07) is 11.9. The lowest BCUT2D eigenvalue weighted by molar-refractivity contribution is -0.141. The fraction of sp³-hybridized carbons (Fsp3) is 0.263. The van der Waals surface area contributed by atoms with E-state index in [1.165, 1.54) is 24.3 Å². The molecule has 2 aromatic rings. The summed E-state index contributed by atoms with van der Waals surface area (Å²) < 4.78 is 18.2. The molecule has 2 aromatic carbocycles. The van der Waals surface area contributed by atoms with Gasteiger partial charge in [-0.15, -0.1) is 0 Å². The van der Waals surface area contributed by atoms with Gasteiger partial charge in [0, 0.05) is 5.69 Å². The summed E-state index contributed by atoms with van der Waals surface area (Å²) in [6.45, 7) is 0.399. The Kier molecular flexibility index (Phi) is 7.11. The van der Waals surface area contributed by atoms with Gasteiger partial charge < -0.3 is 20.5 Å². The number of hydrogen-bond donors (Lipinski definition) is 3. The summed E-state index contributed by atoms with van der Waals surface area (Å²) in [7, 11) is 1.59. The molecule has 0 aliphatic heterocycles. The van der Waals surface area contributed by atoms with Gasteiger partial charge in [-0.1, -0.05) is 18.2 Å². The van der Waals surface area contributed by atoms with Gasteiger partial charge in [0.15, 0.2) is 0 Å². The Labute approximate surface area is 151 Å². The van der Waals surface area contributed by atoms with Crippen molar-refractivity contribution >= 4 is 17.6 Å². The fourth-order valence-corrected chi connectivity index (χ4v) is 2.39. The van der Waals surface area contributed by atoms with Crippen molar-refractivity contribution in [3.63, 3.8) is 0 Å². The molecule has 26 heavy (non-hydrogen) atoms. The van der Waals surface area contributed by atoms with Gasteiger partial charge in [-0.2, -0.15) is 0 Å². The molecule has 6 nitrogen and oxygen atoms in total. The number of hydrogen-bond acceptors (Lipinski definition) is 4. The summed E-state index contributed by atoms with van der Waals surface area (Å²) in [5.74, 6) is -1.34. The van der Waals surface area contributed by atoms with E-state index in [1.54, 1.807) is 7.11 Å². The van der Waals surface area contributed by atoms with Crippen molar-refractivity contribution in [2.75, 3.05) is 19.0 Å². The average molecular weight is 360 g/mol. The molecule has 1 atom stereocenters. The predicted molar refractivity (Wildman–Crippen MR) is 95.8 cm³/mol. The normalized spacial score (nSPS) is 11.6. The molecule has 1 unspecified atom stereocenters. The van der Waals surface area contributed by atoms with Crippen LogP contribution in [-0.2, 0) is 16.0 Å². The predicted octanol–water partition coefficient (Wildman–Crippen LogP) is 2.45. The van der Waals surface area contributed by atoms with Gasteiger partial charge in [-0.05, 0) is 48.9 Å². The van der Waals surface area contributed by atoms with Gasteiger partial charge in [0.2, 0.25) is 5.91 Å². The van der Waals surface area contributed by atoms with E-state index in [1.807, 2.05) is 24.3 Å². The van der Waals surface area contributed by atoms with Crippen molar-refractivity contribution in [3.05, 3.63) is 59.9 Å². The highest BCUT2D eigenvalue weighted by Gasteiger charge is 2.20. The van der Waals surface area contributed by atoms with E-state index < -0.39 is 23.7 Å². The van der Waals surface area contributed by atoms with E-state index in [2.05, 4.69) is 10.6 Å². The van der Waals surface area contributed by atoms with Gasteiger partial charge in [0.25, 0.3) is 0 Å². The van der Waals surface area contributed by atoms with Crippen LogP contribution < -0.4 is 15.4 Å². The van der Waals surface area contributed by atoms with E-state index in [9.17, 15) is 19.1 Å². The molecule has 0 bridgehead atoms. The lowest BCUT2D eigenvalue weighted by atomic mass is 10.1. The summed E-state index contributed by atoms with van der Waals surface area (Å²) in [5, 5.41) is 14.6. The molecule has 1 amide bonds. The average Bonchev–Trinajstić information content (AvgIpc) is 2.61. The number of nitrogens with one attached hydrogen (secondary N) is 2. The van der Waals surface area contributed by atoms with Crippen LogP contribution in [0.25, 0.3) is 0 Å². The van der Waals surface area contributed by atoms with E-state index in [0.717, 1.165) is 11.3 Å². The molecule has 0 aliphatic carbocycles. The summed E-state index contributed by atoms with van der Waals surface area (Å²) in [5.41, 5.74) is 1.31. The minimum atomic E-state index is -1.12. The number of rotatable bonds is 9. The molecule has 0 saturated carbocycles. The lowest BCUT2D eigenvalue weighted by Crippen LogP contribution is -2.40. The molecule has 0 saturated heterocycles. The summed E-state index contributed by atoms with van der Waals surface area (Å²) in [6.07, 6.45) is 0.355. The van der Waals surface area contributed by atoms with Crippen molar-refractivity contribution in [1.29, 1.82) is 0 Å². The number of carboxylic acid groups (broad SMARTS) is 1. The van der Waals surface area contributed by atoms with E-state index in [0.29, 0.717) is 13.0 Å². The zero-order valence-corrected chi connectivity index (χ0v) is 14.4. The molecule has 0 fully saturated rings. The van der Waals surface area contributed by atoms with E-state index >= 15 is 0 Å². The van der Waals surface area contributed by atoms with Crippen LogP contribution in [0.15, 0.2) is 48.5 Å². The summed E-state index contributed by atoms with van der Waals surface area (Å²) >= 11 is 0. The Balaban J connectivity index is 1.83. The third-order valence-electron chi connectivity index (χ3n) is 3.76.